The number of benzene rings is 1. The van der Waals surface area contributed by atoms with Crippen LogP contribution in [0.2, 0.25) is 5.02 Å². The Morgan fingerprint density at radius 2 is 1.75 bits per heavy atom. The Morgan fingerprint density at radius 3 is 2.45 bits per heavy atom. The predicted octanol–water partition coefficient (Wildman–Crippen LogP) is 4.15. The molecule has 0 spiro atoms. The van der Waals surface area contributed by atoms with Crippen molar-refractivity contribution in [1.82, 2.24) is 5.32 Å². The first-order chi connectivity index (χ1) is 9.63. The monoisotopic (exact) mass is 293 g/mol. The number of ether oxygens (including phenoxy) is 1. The Bertz CT molecular complexity index is 520. The first-order valence-electron chi connectivity index (χ1n) is 6.76. The summed E-state index contributed by atoms with van der Waals surface area (Å²) in [5.74, 6) is 1.78. The highest BCUT2D eigenvalue weighted by Gasteiger charge is 2.03. The van der Waals surface area contributed by atoms with Gasteiger partial charge in [-0.15, -0.1) is 0 Å². The van der Waals surface area contributed by atoms with Crippen molar-refractivity contribution in [2.75, 3.05) is 0 Å². The summed E-state index contributed by atoms with van der Waals surface area (Å²) in [6.07, 6.45) is 0. The normalized spacial score (nSPS) is 11.2. The van der Waals surface area contributed by atoms with Gasteiger partial charge in [0.25, 0.3) is 0 Å². The fourth-order valence-electron chi connectivity index (χ4n) is 1.75. The second-order valence-electron chi connectivity index (χ2n) is 5.02. The van der Waals surface area contributed by atoms with Crippen LogP contribution in [0.25, 0.3) is 0 Å². The second kappa shape index (κ2) is 7.48. The molecule has 0 atom stereocenters. The molecule has 0 saturated heterocycles. The van der Waals surface area contributed by atoms with E-state index in [9.17, 15) is 0 Å². The fourth-order valence-corrected chi connectivity index (χ4v) is 1.88. The van der Waals surface area contributed by atoms with Gasteiger partial charge in [0, 0.05) is 11.1 Å². The Hall–Kier alpha value is -1.29. The minimum Gasteiger partial charge on any atom is -0.462 e. The lowest BCUT2D eigenvalue weighted by Gasteiger charge is -2.05. The summed E-state index contributed by atoms with van der Waals surface area (Å²) in [4.78, 5) is 0. The molecule has 0 aliphatic rings. The third-order valence-corrected chi connectivity index (χ3v) is 3.08. The van der Waals surface area contributed by atoms with Gasteiger partial charge in [0.15, 0.2) is 0 Å². The summed E-state index contributed by atoms with van der Waals surface area (Å²) < 4.78 is 11.3. The van der Waals surface area contributed by atoms with Gasteiger partial charge in [-0.2, -0.15) is 0 Å². The van der Waals surface area contributed by atoms with E-state index in [0.717, 1.165) is 28.7 Å². The Morgan fingerprint density at radius 1 is 1.05 bits per heavy atom. The SMILES string of the molecule is CC(C)NCc1ccc(COCc2ccc(Cl)cc2)o1. The number of furan rings is 1. The lowest BCUT2D eigenvalue weighted by molar-refractivity contribution is 0.0919. The van der Waals surface area contributed by atoms with Crippen molar-refractivity contribution >= 4 is 11.6 Å². The van der Waals surface area contributed by atoms with Crippen molar-refractivity contribution in [1.29, 1.82) is 0 Å². The molecule has 1 aromatic carbocycles. The van der Waals surface area contributed by atoms with E-state index >= 15 is 0 Å². The maximum atomic E-state index is 5.83. The van der Waals surface area contributed by atoms with E-state index in [-0.39, 0.29) is 0 Å². The molecule has 0 aliphatic carbocycles. The smallest absolute Gasteiger partial charge is 0.129 e. The highest BCUT2D eigenvalue weighted by molar-refractivity contribution is 6.30. The molecule has 20 heavy (non-hydrogen) atoms. The fraction of sp³-hybridized carbons (Fsp3) is 0.375. The number of halogens is 1. The van der Waals surface area contributed by atoms with Gasteiger partial charge in [-0.05, 0) is 29.8 Å². The van der Waals surface area contributed by atoms with Gasteiger partial charge in [-0.25, -0.2) is 0 Å². The zero-order valence-corrected chi connectivity index (χ0v) is 12.6. The van der Waals surface area contributed by atoms with Crippen molar-refractivity contribution < 1.29 is 9.15 Å². The van der Waals surface area contributed by atoms with Crippen LogP contribution >= 0.6 is 11.6 Å². The molecule has 0 saturated carbocycles. The average molecular weight is 294 g/mol. The lowest BCUT2D eigenvalue weighted by Crippen LogP contribution is -2.21. The van der Waals surface area contributed by atoms with Crippen LogP contribution in [0.15, 0.2) is 40.8 Å². The van der Waals surface area contributed by atoms with E-state index in [2.05, 4.69) is 19.2 Å². The van der Waals surface area contributed by atoms with Crippen LogP contribution < -0.4 is 5.32 Å². The molecule has 1 aromatic heterocycles. The summed E-state index contributed by atoms with van der Waals surface area (Å²) in [6.45, 7) is 5.99. The van der Waals surface area contributed by atoms with Crippen LogP contribution in [0.3, 0.4) is 0 Å². The number of hydrogen-bond acceptors (Lipinski definition) is 3. The van der Waals surface area contributed by atoms with E-state index in [1.807, 2.05) is 36.4 Å². The zero-order valence-electron chi connectivity index (χ0n) is 11.9. The van der Waals surface area contributed by atoms with Crippen molar-refractivity contribution in [3.63, 3.8) is 0 Å². The summed E-state index contributed by atoms with van der Waals surface area (Å²) in [5.41, 5.74) is 1.10. The maximum Gasteiger partial charge on any atom is 0.129 e. The molecule has 2 rings (SSSR count). The predicted molar refractivity (Wildman–Crippen MR) is 80.6 cm³/mol. The quantitative estimate of drug-likeness (QED) is 0.833. The van der Waals surface area contributed by atoms with Crippen LogP contribution in [0.5, 0.6) is 0 Å². The molecule has 0 aliphatic heterocycles. The van der Waals surface area contributed by atoms with E-state index in [1.54, 1.807) is 0 Å². The van der Waals surface area contributed by atoms with E-state index < -0.39 is 0 Å². The summed E-state index contributed by atoms with van der Waals surface area (Å²) in [7, 11) is 0. The first kappa shape index (κ1) is 15.1. The minimum atomic E-state index is 0.449. The number of nitrogens with one attached hydrogen (secondary N) is 1. The first-order valence-corrected chi connectivity index (χ1v) is 7.14. The van der Waals surface area contributed by atoms with Gasteiger partial charge in [0.05, 0.1) is 13.2 Å². The summed E-state index contributed by atoms with van der Waals surface area (Å²) >= 11 is 5.83. The van der Waals surface area contributed by atoms with Crippen LogP contribution in [0.4, 0.5) is 0 Å². The topological polar surface area (TPSA) is 34.4 Å². The molecule has 2 aromatic rings. The highest BCUT2D eigenvalue weighted by Crippen LogP contribution is 2.13. The van der Waals surface area contributed by atoms with Gasteiger partial charge in [-0.1, -0.05) is 37.6 Å². The van der Waals surface area contributed by atoms with E-state index in [0.29, 0.717) is 19.3 Å². The van der Waals surface area contributed by atoms with Gasteiger partial charge in [-0.3, -0.25) is 0 Å². The number of hydrogen-bond donors (Lipinski definition) is 1. The molecular formula is C16H20ClNO2. The van der Waals surface area contributed by atoms with Crippen molar-refractivity contribution in [2.24, 2.45) is 0 Å². The molecule has 108 valence electrons. The van der Waals surface area contributed by atoms with Crippen LogP contribution in [0, 0.1) is 0 Å². The summed E-state index contributed by atoms with van der Waals surface area (Å²) in [5, 5.41) is 4.05. The number of rotatable bonds is 7. The average Bonchev–Trinajstić information content (AvgIpc) is 2.87. The molecule has 0 amide bonds. The van der Waals surface area contributed by atoms with Gasteiger partial charge >= 0.3 is 0 Å². The Kier molecular flexibility index (Phi) is 5.65. The molecule has 4 heteroatoms. The molecule has 1 heterocycles. The van der Waals surface area contributed by atoms with Crippen molar-refractivity contribution in [3.05, 3.63) is 58.5 Å². The molecular weight excluding hydrogens is 274 g/mol. The minimum absolute atomic E-state index is 0.449. The van der Waals surface area contributed by atoms with Gasteiger partial charge < -0.3 is 14.5 Å². The molecule has 0 radical (unpaired) electrons. The van der Waals surface area contributed by atoms with Crippen LogP contribution in [-0.2, 0) is 24.5 Å². The Labute approximate surface area is 124 Å². The molecule has 3 nitrogen and oxygen atoms in total. The largest absolute Gasteiger partial charge is 0.462 e. The molecule has 0 fully saturated rings. The molecule has 0 unspecified atom stereocenters. The van der Waals surface area contributed by atoms with E-state index in [1.165, 1.54) is 0 Å². The standard InChI is InChI=1S/C16H20ClNO2/c1-12(2)18-9-15-7-8-16(20-15)11-19-10-13-3-5-14(17)6-4-13/h3-8,12,18H,9-11H2,1-2H3. The van der Waals surface area contributed by atoms with Gasteiger partial charge in [0.1, 0.15) is 18.1 Å². The highest BCUT2D eigenvalue weighted by atomic mass is 35.5. The summed E-state index contributed by atoms with van der Waals surface area (Å²) in [6, 6.07) is 12.0. The molecule has 0 bridgehead atoms. The third kappa shape index (κ3) is 5.00. The van der Waals surface area contributed by atoms with Crippen LogP contribution in [-0.4, -0.2) is 6.04 Å². The van der Waals surface area contributed by atoms with E-state index in [4.69, 9.17) is 20.8 Å². The van der Waals surface area contributed by atoms with Gasteiger partial charge in [0.2, 0.25) is 0 Å². The Balaban J connectivity index is 1.75. The maximum absolute atomic E-state index is 5.83. The second-order valence-corrected chi connectivity index (χ2v) is 5.46. The lowest BCUT2D eigenvalue weighted by atomic mass is 10.2. The zero-order chi connectivity index (χ0) is 14.4. The third-order valence-electron chi connectivity index (χ3n) is 2.83. The molecule has 1 N–H and O–H groups in total. The van der Waals surface area contributed by atoms with Crippen molar-refractivity contribution in [3.8, 4) is 0 Å². The van der Waals surface area contributed by atoms with Crippen molar-refractivity contribution in [2.45, 2.75) is 39.6 Å². The van der Waals surface area contributed by atoms with Crippen LogP contribution in [0.1, 0.15) is 30.9 Å².